The molecule has 0 aromatic carbocycles. The molecule has 2 rings (SSSR count). The summed E-state index contributed by atoms with van der Waals surface area (Å²) in [6, 6.07) is 3.04. The monoisotopic (exact) mass is 193 g/mol. The average molecular weight is 193 g/mol. The first kappa shape index (κ1) is 9.95. The van der Waals surface area contributed by atoms with Gasteiger partial charge in [-0.05, 0) is 25.8 Å². The quantitative estimate of drug-likeness (QED) is 0.692. The molecule has 1 aliphatic carbocycles. The molecule has 1 unspecified atom stereocenters. The average Bonchev–Trinajstić information content (AvgIpc) is 2.69. The van der Waals surface area contributed by atoms with Gasteiger partial charge in [-0.15, -0.1) is 0 Å². The minimum Gasteiger partial charge on any atom is -0.314 e. The number of nitrogens with one attached hydrogen (secondary N) is 2. The Balaban J connectivity index is 1.90. The van der Waals surface area contributed by atoms with Gasteiger partial charge in [0.15, 0.2) is 0 Å². The summed E-state index contributed by atoms with van der Waals surface area (Å²) in [5.74, 6) is 0. The second kappa shape index (κ2) is 4.29. The van der Waals surface area contributed by atoms with Crippen molar-refractivity contribution in [2.75, 3.05) is 13.1 Å². The molecule has 1 saturated heterocycles. The highest BCUT2D eigenvalue weighted by Crippen LogP contribution is 2.22. The SMILES string of the molecule is N#CC1(NC2CCCCC2)CCNC1. The van der Waals surface area contributed by atoms with Crippen molar-refractivity contribution in [3.8, 4) is 6.07 Å². The molecule has 3 heteroatoms. The fraction of sp³-hybridized carbons (Fsp3) is 0.909. The first-order valence-electron chi connectivity index (χ1n) is 5.74. The molecular formula is C11H19N3. The van der Waals surface area contributed by atoms with Crippen molar-refractivity contribution in [1.82, 2.24) is 10.6 Å². The Bertz CT molecular complexity index is 219. The Morgan fingerprint density at radius 1 is 1.29 bits per heavy atom. The highest BCUT2D eigenvalue weighted by Gasteiger charge is 2.35. The third-order valence-electron chi connectivity index (χ3n) is 3.45. The molecule has 0 spiro atoms. The van der Waals surface area contributed by atoms with Gasteiger partial charge >= 0.3 is 0 Å². The molecule has 1 aliphatic heterocycles. The van der Waals surface area contributed by atoms with Crippen LogP contribution in [-0.2, 0) is 0 Å². The van der Waals surface area contributed by atoms with Crippen LogP contribution >= 0.6 is 0 Å². The van der Waals surface area contributed by atoms with E-state index in [9.17, 15) is 5.26 Å². The zero-order valence-corrected chi connectivity index (χ0v) is 8.68. The van der Waals surface area contributed by atoms with Gasteiger partial charge < -0.3 is 5.32 Å². The summed E-state index contributed by atoms with van der Waals surface area (Å²) in [6.45, 7) is 1.80. The van der Waals surface area contributed by atoms with E-state index in [0.717, 1.165) is 19.5 Å². The topological polar surface area (TPSA) is 47.9 Å². The van der Waals surface area contributed by atoms with Gasteiger partial charge in [0.1, 0.15) is 5.54 Å². The maximum atomic E-state index is 9.19. The molecular weight excluding hydrogens is 174 g/mol. The van der Waals surface area contributed by atoms with Crippen LogP contribution < -0.4 is 10.6 Å². The number of nitrogens with zero attached hydrogens (tertiary/aromatic N) is 1. The first-order chi connectivity index (χ1) is 6.85. The van der Waals surface area contributed by atoms with Crippen molar-refractivity contribution < 1.29 is 0 Å². The van der Waals surface area contributed by atoms with Crippen LogP contribution in [-0.4, -0.2) is 24.7 Å². The molecule has 2 N–H and O–H groups in total. The van der Waals surface area contributed by atoms with Gasteiger partial charge in [0.2, 0.25) is 0 Å². The molecule has 0 aromatic heterocycles. The van der Waals surface area contributed by atoms with Crippen LogP contribution in [0.2, 0.25) is 0 Å². The van der Waals surface area contributed by atoms with E-state index in [0.29, 0.717) is 6.04 Å². The van der Waals surface area contributed by atoms with Gasteiger partial charge in [-0.2, -0.15) is 5.26 Å². The molecule has 2 fully saturated rings. The maximum Gasteiger partial charge on any atom is 0.120 e. The van der Waals surface area contributed by atoms with Crippen LogP contribution in [0.15, 0.2) is 0 Å². The van der Waals surface area contributed by atoms with Crippen molar-refractivity contribution in [2.45, 2.75) is 50.1 Å². The molecule has 0 amide bonds. The number of nitriles is 1. The van der Waals surface area contributed by atoms with Gasteiger partial charge in [-0.1, -0.05) is 19.3 Å². The van der Waals surface area contributed by atoms with Crippen molar-refractivity contribution in [2.24, 2.45) is 0 Å². The van der Waals surface area contributed by atoms with Crippen molar-refractivity contribution in [3.05, 3.63) is 0 Å². The van der Waals surface area contributed by atoms with Gasteiger partial charge in [0.25, 0.3) is 0 Å². The maximum absolute atomic E-state index is 9.19. The van der Waals surface area contributed by atoms with E-state index in [1.807, 2.05) is 0 Å². The van der Waals surface area contributed by atoms with Gasteiger partial charge in [0.05, 0.1) is 6.07 Å². The van der Waals surface area contributed by atoms with Crippen LogP contribution in [0.4, 0.5) is 0 Å². The zero-order chi connectivity index (χ0) is 9.86. The zero-order valence-electron chi connectivity index (χ0n) is 8.68. The summed E-state index contributed by atoms with van der Waals surface area (Å²) in [5, 5.41) is 16.0. The Hall–Kier alpha value is -0.590. The Labute approximate surface area is 85.9 Å². The summed E-state index contributed by atoms with van der Waals surface area (Å²) >= 11 is 0. The fourth-order valence-electron chi connectivity index (χ4n) is 2.58. The third kappa shape index (κ3) is 2.08. The van der Waals surface area contributed by atoms with E-state index in [4.69, 9.17) is 0 Å². The Kier molecular flexibility index (Phi) is 3.05. The van der Waals surface area contributed by atoms with Crippen molar-refractivity contribution >= 4 is 0 Å². The highest BCUT2D eigenvalue weighted by atomic mass is 15.1. The molecule has 78 valence electrons. The van der Waals surface area contributed by atoms with E-state index < -0.39 is 0 Å². The van der Waals surface area contributed by atoms with Crippen molar-refractivity contribution in [3.63, 3.8) is 0 Å². The minimum atomic E-state index is -0.262. The Morgan fingerprint density at radius 3 is 2.64 bits per heavy atom. The summed E-state index contributed by atoms with van der Waals surface area (Å²) < 4.78 is 0. The van der Waals surface area contributed by atoms with Crippen LogP contribution in [0, 0.1) is 11.3 Å². The molecule has 1 heterocycles. The molecule has 0 radical (unpaired) electrons. The number of hydrogen-bond donors (Lipinski definition) is 2. The largest absolute Gasteiger partial charge is 0.314 e. The number of hydrogen-bond acceptors (Lipinski definition) is 3. The first-order valence-corrected chi connectivity index (χ1v) is 5.74. The van der Waals surface area contributed by atoms with E-state index in [1.165, 1.54) is 32.1 Å². The standard InChI is InChI=1S/C11H19N3/c12-8-11(6-7-13-9-11)14-10-4-2-1-3-5-10/h10,13-14H,1-7,9H2. The van der Waals surface area contributed by atoms with E-state index in [1.54, 1.807) is 0 Å². The molecule has 14 heavy (non-hydrogen) atoms. The summed E-state index contributed by atoms with van der Waals surface area (Å²) in [5.41, 5.74) is -0.262. The lowest BCUT2D eigenvalue weighted by Gasteiger charge is -2.30. The third-order valence-corrected chi connectivity index (χ3v) is 3.45. The lowest BCUT2D eigenvalue weighted by atomic mass is 9.91. The normalized spacial score (nSPS) is 34.2. The van der Waals surface area contributed by atoms with Gasteiger partial charge in [-0.3, -0.25) is 5.32 Å². The van der Waals surface area contributed by atoms with Crippen LogP contribution in [0.3, 0.4) is 0 Å². The van der Waals surface area contributed by atoms with Crippen LogP contribution in [0.25, 0.3) is 0 Å². The highest BCUT2D eigenvalue weighted by molar-refractivity contribution is 5.13. The number of rotatable bonds is 2. The predicted molar refractivity (Wildman–Crippen MR) is 55.8 cm³/mol. The van der Waals surface area contributed by atoms with Crippen molar-refractivity contribution in [1.29, 1.82) is 5.26 Å². The minimum absolute atomic E-state index is 0.262. The Morgan fingerprint density at radius 2 is 2.07 bits per heavy atom. The molecule has 1 saturated carbocycles. The van der Waals surface area contributed by atoms with Gasteiger partial charge in [-0.25, -0.2) is 0 Å². The van der Waals surface area contributed by atoms with Crippen LogP contribution in [0.5, 0.6) is 0 Å². The van der Waals surface area contributed by atoms with Gasteiger partial charge in [0, 0.05) is 12.6 Å². The second-order valence-electron chi connectivity index (χ2n) is 4.60. The molecule has 3 nitrogen and oxygen atoms in total. The van der Waals surface area contributed by atoms with Crippen LogP contribution in [0.1, 0.15) is 38.5 Å². The fourth-order valence-corrected chi connectivity index (χ4v) is 2.58. The molecule has 0 bridgehead atoms. The molecule has 1 atom stereocenters. The summed E-state index contributed by atoms with van der Waals surface area (Å²) in [6.07, 6.45) is 7.49. The summed E-state index contributed by atoms with van der Waals surface area (Å²) in [4.78, 5) is 0. The molecule has 2 aliphatic rings. The molecule has 0 aromatic rings. The van der Waals surface area contributed by atoms with E-state index in [-0.39, 0.29) is 5.54 Å². The lowest BCUT2D eigenvalue weighted by Crippen LogP contribution is -2.51. The van der Waals surface area contributed by atoms with E-state index >= 15 is 0 Å². The lowest BCUT2D eigenvalue weighted by molar-refractivity contribution is 0.306. The smallest absolute Gasteiger partial charge is 0.120 e. The van der Waals surface area contributed by atoms with E-state index in [2.05, 4.69) is 16.7 Å². The summed E-state index contributed by atoms with van der Waals surface area (Å²) in [7, 11) is 0. The second-order valence-corrected chi connectivity index (χ2v) is 4.60. The predicted octanol–water partition coefficient (Wildman–Crippen LogP) is 1.16.